The lowest BCUT2D eigenvalue weighted by Crippen LogP contribution is -2.58. The SMILES string of the molecule is COC(=O)[C@@H]1CCC[C@@H]2SCC[C@H](NC(=O)[C@H](Cc3ccccc3)SC(C)=O)C(=O)N21. The minimum atomic E-state index is -0.721. The number of nitrogens with zero attached hydrogens (tertiary/aromatic N) is 1. The quantitative estimate of drug-likeness (QED) is 0.646. The van der Waals surface area contributed by atoms with Crippen LogP contribution >= 0.6 is 23.5 Å². The van der Waals surface area contributed by atoms with Gasteiger partial charge in [0.15, 0.2) is 5.12 Å². The van der Waals surface area contributed by atoms with Gasteiger partial charge >= 0.3 is 5.97 Å². The second-order valence-corrected chi connectivity index (χ2v) is 10.3. The van der Waals surface area contributed by atoms with Crippen molar-refractivity contribution in [1.82, 2.24) is 10.2 Å². The van der Waals surface area contributed by atoms with Crippen molar-refractivity contribution < 1.29 is 23.9 Å². The lowest BCUT2D eigenvalue weighted by atomic mass is 10.00. The maximum atomic E-state index is 13.4. The van der Waals surface area contributed by atoms with Gasteiger partial charge in [-0.15, -0.1) is 11.8 Å². The van der Waals surface area contributed by atoms with Crippen LogP contribution in [0.2, 0.25) is 0 Å². The van der Waals surface area contributed by atoms with Gasteiger partial charge in [-0.1, -0.05) is 42.1 Å². The van der Waals surface area contributed by atoms with Crippen LogP contribution in [0.5, 0.6) is 0 Å². The van der Waals surface area contributed by atoms with E-state index >= 15 is 0 Å². The van der Waals surface area contributed by atoms with Gasteiger partial charge in [-0.3, -0.25) is 14.4 Å². The predicted molar refractivity (Wildman–Crippen MR) is 122 cm³/mol. The molecule has 1 aromatic carbocycles. The molecule has 4 atom stereocenters. The average Bonchev–Trinajstić information content (AvgIpc) is 2.92. The van der Waals surface area contributed by atoms with Crippen molar-refractivity contribution in [1.29, 1.82) is 0 Å². The van der Waals surface area contributed by atoms with E-state index in [1.54, 1.807) is 16.7 Å². The number of carbonyl (C=O) groups is 4. The molecule has 2 aliphatic rings. The molecule has 1 N–H and O–H groups in total. The number of methoxy groups -OCH3 is 1. The molecule has 2 amide bonds. The Balaban J connectivity index is 1.75. The van der Waals surface area contributed by atoms with Gasteiger partial charge in [-0.25, -0.2) is 4.79 Å². The molecular weight excluding hydrogens is 436 g/mol. The molecule has 0 radical (unpaired) electrons. The second-order valence-electron chi connectivity index (χ2n) is 7.68. The number of thioether (sulfide) groups is 2. The fraction of sp³-hybridized carbons (Fsp3) is 0.545. The average molecular weight is 465 g/mol. The summed E-state index contributed by atoms with van der Waals surface area (Å²) in [6.07, 6.45) is 3.11. The maximum Gasteiger partial charge on any atom is 0.328 e. The van der Waals surface area contributed by atoms with E-state index in [9.17, 15) is 19.2 Å². The molecule has 2 aliphatic heterocycles. The fourth-order valence-corrected chi connectivity index (χ4v) is 6.27. The number of fused-ring (bicyclic) bond motifs is 1. The molecule has 0 bridgehead atoms. The first-order valence-corrected chi connectivity index (χ1v) is 12.4. The molecule has 0 saturated carbocycles. The van der Waals surface area contributed by atoms with E-state index < -0.39 is 23.3 Å². The van der Waals surface area contributed by atoms with E-state index in [4.69, 9.17) is 4.74 Å². The maximum absolute atomic E-state index is 13.4. The largest absolute Gasteiger partial charge is 0.467 e. The smallest absolute Gasteiger partial charge is 0.328 e. The summed E-state index contributed by atoms with van der Waals surface area (Å²) in [7, 11) is 1.33. The van der Waals surface area contributed by atoms with Gasteiger partial charge in [0.1, 0.15) is 12.1 Å². The van der Waals surface area contributed by atoms with Crippen LogP contribution in [0.4, 0.5) is 0 Å². The number of hydrogen-bond donors (Lipinski definition) is 1. The number of hydrogen-bond acceptors (Lipinski definition) is 7. The molecule has 1 aromatic rings. The fourth-order valence-electron chi connectivity index (χ4n) is 4.03. The highest BCUT2D eigenvalue weighted by Gasteiger charge is 2.43. The molecule has 3 rings (SSSR count). The summed E-state index contributed by atoms with van der Waals surface area (Å²) in [6, 6.07) is 8.15. The number of benzene rings is 1. The van der Waals surface area contributed by atoms with Gasteiger partial charge in [0.05, 0.1) is 17.7 Å². The van der Waals surface area contributed by atoms with Crippen molar-refractivity contribution in [3.05, 3.63) is 35.9 Å². The number of esters is 1. The molecule has 2 heterocycles. The Morgan fingerprint density at radius 3 is 2.65 bits per heavy atom. The molecule has 2 saturated heterocycles. The summed E-state index contributed by atoms with van der Waals surface area (Å²) in [5.74, 6) is -0.295. The third kappa shape index (κ3) is 6.04. The Bertz CT molecular complexity index is 819. The minimum Gasteiger partial charge on any atom is -0.467 e. The number of rotatable bonds is 6. The van der Waals surface area contributed by atoms with Crippen LogP contribution in [0.1, 0.15) is 38.2 Å². The van der Waals surface area contributed by atoms with Gasteiger partial charge < -0.3 is 15.0 Å². The predicted octanol–water partition coefficient (Wildman–Crippen LogP) is 2.38. The highest BCUT2D eigenvalue weighted by molar-refractivity contribution is 8.14. The third-order valence-electron chi connectivity index (χ3n) is 5.50. The Kier molecular flexibility index (Phi) is 8.43. The third-order valence-corrected chi connectivity index (χ3v) is 7.81. The Morgan fingerprint density at radius 1 is 1.23 bits per heavy atom. The summed E-state index contributed by atoms with van der Waals surface area (Å²) in [5, 5.41) is 2.01. The van der Waals surface area contributed by atoms with Crippen molar-refractivity contribution in [2.75, 3.05) is 12.9 Å². The van der Waals surface area contributed by atoms with E-state index in [2.05, 4.69) is 5.32 Å². The number of carbonyl (C=O) groups excluding carboxylic acids is 4. The van der Waals surface area contributed by atoms with Gasteiger partial charge in [-0.2, -0.15) is 0 Å². The molecular formula is C22H28N2O5S2. The Hall–Kier alpha value is -2.00. The van der Waals surface area contributed by atoms with E-state index in [1.165, 1.54) is 14.0 Å². The molecule has 0 unspecified atom stereocenters. The van der Waals surface area contributed by atoms with Gasteiger partial charge in [0.2, 0.25) is 11.8 Å². The molecule has 31 heavy (non-hydrogen) atoms. The van der Waals surface area contributed by atoms with Crippen LogP contribution in [0.3, 0.4) is 0 Å². The highest BCUT2D eigenvalue weighted by Crippen LogP contribution is 2.34. The monoisotopic (exact) mass is 464 g/mol. The zero-order valence-corrected chi connectivity index (χ0v) is 19.4. The molecule has 0 aliphatic carbocycles. The zero-order chi connectivity index (χ0) is 22.4. The van der Waals surface area contributed by atoms with Crippen molar-refractivity contribution in [2.24, 2.45) is 0 Å². The van der Waals surface area contributed by atoms with Gasteiger partial charge in [-0.05, 0) is 43.4 Å². The number of amides is 2. The molecule has 0 aromatic heterocycles. The van der Waals surface area contributed by atoms with Crippen LogP contribution < -0.4 is 5.32 Å². The summed E-state index contributed by atoms with van der Waals surface area (Å²) in [6.45, 7) is 1.43. The van der Waals surface area contributed by atoms with E-state index in [-0.39, 0.29) is 22.3 Å². The molecule has 9 heteroatoms. The summed E-state index contributed by atoms with van der Waals surface area (Å²) < 4.78 is 4.92. The normalized spacial score (nSPS) is 24.5. The van der Waals surface area contributed by atoms with Crippen molar-refractivity contribution in [2.45, 2.75) is 61.7 Å². The number of ether oxygens (including phenoxy) is 1. The van der Waals surface area contributed by atoms with Crippen LogP contribution in [0, 0.1) is 0 Å². The van der Waals surface area contributed by atoms with Crippen molar-refractivity contribution >= 4 is 46.4 Å². The first-order chi connectivity index (χ1) is 14.9. The Morgan fingerprint density at radius 2 is 1.97 bits per heavy atom. The minimum absolute atomic E-state index is 0.0843. The molecule has 168 valence electrons. The van der Waals surface area contributed by atoms with E-state index in [0.717, 1.165) is 30.2 Å². The summed E-state index contributed by atoms with van der Waals surface area (Å²) in [5.41, 5.74) is 0.945. The molecule has 7 nitrogen and oxygen atoms in total. The summed E-state index contributed by atoms with van der Waals surface area (Å²) >= 11 is 2.62. The van der Waals surface area contributed by atoms with Crippen molar-refractivity contribution in [3.8, 4) is 0 Å². The molecule has 0 spiro atoms. The second kappa shape index (κ2) is 11.0. The molecule has 2 fully saturated rings. The lowest BCUT2D eigenvalue weighted by molar-refractivity contribution is -0.156. The van der Waals surface area contributed by atoms with E-state index in [0.29, 0.717) is 25.0 Å². The van der Waals surface area contributed by atoms with Crippen LogP contribution in [-0.4, -0.2) is 63.4 Å². The zero-order valence-electron chi connectivity index (χ0n) is 17.7. The lowest BCUT2D eigenvalue weighted by Gasteiger charge is -2.40. The first kappa shape index (κ1) is 23.7. The standard InChI is InChI=1S/C22H28N2O5S2/c1-14(25)31-18(13-15-7-4-3-5-8-15)20(26)23-16-11-12-30-19-10-6-9-17(22(28)29-2)24(19)21(16)27/h3-5,7-8,16-19H,6,9-13H2,1-2H3,(H,23,26)/t16-,17-,18-,19-/m0/s1. The Labute approximate surface area is 191 Å². The van der Waals surface area contributed by atoms with Crippen LogP contribution in [-0.2, 0) is 30.3 Å². The van der Waals surface area contributed by atoms with E-state index in [1.807, 2.05) is 30.3 Å². The van der Waals surface area contributed by atoms with Gasteiger partial charge in [0.25, 0.3) is 0 Å². The van der Waals surface area contributed by atoms with Crippen molar-refractivity contribution in [3.63, 3.8) is 0 Å². The highest BCUT2D eigenvalue weighted by atomic mass is 32.2. The number of piperidine rings is 1. The first-order valence-electron chi connectivity index (χ1n) is 10.4. The van der Waals surface area contributed by atoms with Gasteiger partial charge in [0, 0.05) is 6.92 Å². The summed E-state index contributed by atoms with van der Waals surface area (Å²) in [4.78, 5) is 52.1. The topological polar surface area (TPSA) is 92.8 Å². The van der Waals surface area contributed by atoms with Crippen LogP contribution in [0.15, 0.2) is 30.3 Å². The van der Waals surface area contributed by atoms with Crippen LogP contribution in [0.25, 0.3) is 0 Å². The number of nitrogens with one attached hydrogen (secondary N) is 1.